The van der Waals surface area contributed by atoms with E-state index in [4.69, 9.17) is 0 Å². The summed E-state index contributed by atoms with van der Waals surface area (Å²) in [5.74, 6) is -1.06. The number of carbonyl (C=O) groups excluding carboxylic acids is 2. The number of halogens is 1. The maximum Gasteiger partial charge on any atom is 0.296 e. The minimum Gasteiger partial charge on any atom is -0.368 e. The monoisotopic (exact) mass is 365 g/mol. The summed E-state index contributed by atoms with van der Waals surface area (Å²) in [6, 6.07) is 3.51. The number of nitrogens with one attached hydrogen (secondary N) is 1. The van der Waals surface area contributed by atoms with E-state index in [1.165, 1.54) is 4.88 Å². The fraction of sp³-hybridized carbons (Fsp3) is 0.214. The van der Waals surface area contributed by atoms with Crippen LogP contribution >= 0.6 is 27.3 Å². The third-order valence-corrected chi connectivity index (χ3v) is 4.98. The lowest BCUT2D eigenvalue weighted by atomic mass is 10.1. The molecule has 0 radical (unpaired) electrons. The zero-order valence-electron chi connectivity index (χ0n) is 11.4. The Balaban J connectivity index is 1.93. The fourth-order valence-corrected chi connectivity index (χ4v) is 3.70. The highest BCUT2D eigenvalue weighted by Gasteiger charge is 2.29. The molecule has 1 N–H and O–H groups in total. The average Bonchev–Trinajstić information content (AvgIpc) is 2.95. The topological polar surface area (TPSA) is 62.3 Å². The van der Waals surface area contributed by atoms with Gasteiger partial charge in [-0.3, -0.25) is 9.59 Å². The summed E-state index contributed by atoms with van der Waals surface area (Å²) in [5.41, 5.74) is 4.74. The molecule has 2 aromatic rings. The van der Waals surface area contributed by atoms with Crippen molar-refractivity contribution in [2.24, 2.45) is 0 Å². The van der Waals surface area contributed by atoms with Gasteiger partial charge in [0, 0.05) is 16.4 Å². The van der Waals surface area contributed by atoms with Crippen molar-refractivity contribution in [2.75, 3.05) is 17.3 Å². The van der Waals surface area contributed by atoms with E-state index in [2.05, 4.69) is 31.1 Å². The van der Waals surface area contributed by atoms with Crippen LogP contribution in [-0.2, 0) is 11.3 Å². The minimum atomic E-state index is -0.574. The Morgan fingerprint density at radius 3 is 2.81 bits per heavy atom. The number of rotatable bonds is 3. The first-order chi connectivity index (χ1) is 9.97. The van der Waals surface area contributed by atoms with Crippen molar-refractivity contribution in [1.29, 1.82) is 0 Å². The number of benzene rings is 1. The van der Waals surface area contributed by atoms with E-state index in [-0.39, 0.29) is 0 Å². The zero-order chi connectivity index (χ0) is 15.1. The zero-order valence-corrected chi connectivity index (χ0v) is 13.8. The van der Waals surface area contributed by atoms with Crippen molar-refractivity contribution >= 4 is 50.3 Å². The second-order valence-electron chi connectivity index (χ2n) is 4.85. The maximum atomic E-state index is 11.7. The molecule has 1 aliphatic heterocycles. The molecular formula is C14H12BrN3O2S. The van der Waals surface area contributed by atoms with Crippen LogP contribution in [-0.4, -0.2) is 23.7 Å². The van der Waals surface area contributed by atoms with E-state index in [0.29, 0.717) is 11.3 Å². The second-order valence-corrected chi connectivity index (χ2v) is 6.64. The summed E-state index contributed by atoms with van der Waals surface area (Å²) in [4.78, 5) is 30.6. The summed E-state index contributed by atoms with van der Waals surface area (Å²) in [5, 5.41) is 2.59. The normalized spacial score (nSPS) is 13.3. The van der Waals surface area contributed by atoms with Crippen molar-refractivity contribution < 1.29 is 9.59 Å². The molecule has 0 unspecified atom stereocenters. The number of fused-ring (bicyclic) bond motifs is 1. The van der Waals surface area contributed by atoms with Gasteiger partial charge in [-0.25, -0.2) is 4.98 Å². The first kappa shape index (κ1) is 14.2. The number of aromatic nitrogens is 1. The van der Waals surface area contributed by atoms with Crippen LogP contribution in [0.15, 0.2) is 22.1 Å². The predicted octanol–water partition coefficient (Wildman–Crippen LogP) is 2.99. The van der Waals surface area contributed by atoms with Crippen molar-refractivity contribution in [3.63, 3.8) is 0 Å². The van der Waals surface area contributed by atoms with Crippen molar-refractivity contribution in [2.45, 2.75) is 13.5 Å². The molecule has 0 saturated heterocycles. The standard InChI is InChI=1S/C14H12BrN3O2S/c1-7-12(21-6-16-7)5-18(2)11-4-10-8(3-9(11)15)13(19)14(20)17-10/h3-4,6H,5H2,1-2H3,(H,17,19,20). The van der Waals surface area contributed by atoms with Gasteiger partial charge in [-0.15, -0.1) is 11.3 Å². The Bertz CT molecular complexity index is 757. The number of Topliss-reactive ketones (excluding diaryl/α,β-unsaturated/α-hetero) is 1. The number of hydrogen-bond acceptors (Lipinski definition) is 5. The number of nitrogens with zero attached hydrogens (tertiary/aromatic N) is 2. The number of thiazole rings is 1. The summed E-state index contributed by atoms with van der Waals surface area (Å²) >= 11 is 5.09. The quantitative estimate of drug-likeness (QED) is 0.849. The van der Waals surface area contributed by atoms with Gasteiger partial charge in [0.2, 0.25) is 0 Å². The van der Waals surface area contributed by atoms with Crippen LogP contribution < -0.4 is 10.2 Å². The molecule has 1 amide bonds. The van der Waals surface area contributed by atoms with Crippen LogP contribution in [0.2, 0.25) is 0 Å². The highest BCUT2D eigenvalue weighted by molar-refractivity contribution is 9.10. The van der Waals surface area contributed by atoms with Crippen LogP contribution in [0.3, 0.4) is 0 Å². The highest BCUT2D eigenvalue weighted by Crippen LogP contribution is 2.35. The van der Waals surface area contributed by atoms with Crippen LogP contribution in [0.5, 0.6) is 0 Å². The van der Waals surface area contributed by atoms with E-state index in [0.717, 1.165) is 22.4 Å². The third kappa shape index (κ3) is 2.47. The van der Waals surface area contributed by atoms with E-state index in [1.807, 2.05) is 25.5 Å². The number of amides is 1. The lowest BCUT2D eigenvalue weighted by Gasteiger charge is -2.21. The third-order valence-electron chi connectivity index (χ3n) is 3.42. The van der Waals surface area contributed by atoms with Gasteiger partial charge >= 0.3 is 0 Å². The van der Waals surface area contributed by atoms with E-state index < -0.39 is 11.7 Å². The van der Waals surface area contributed by atoms with Crippen LogP contribution in [0.1, 0.15) is 20.9 Å². The molecule has 1 aromatic carbocycles. The molecule has 0 saturated carbocycles. The van der Waals surface area contributed by atoms with Gasteiger partial charge in [0.25, 0.3) is 11.7 Å². The Morgan fingerprint density at radius 1 is 1.38 bits per heavy atom. The summed E-state index contributed by atoms with van der Waals surface area (Å²) in [6.45, 7) is 2.70. The SMILES string of the molecule is Cc1ncsc1CN(C)c1cc2c(cc1Br)C(=O)C(=O)N2. The van der Waals surface area contributed by atoms with Crippen molar-refractivity contribution in [1.82, 2.24) is 4.98 Å². The first-order valence-corrected chi connectivity index (χ1v) is 7.94. The number of ketones is 1. The molecule has 0 bridgehead atoms. The molecule has 0 spiro atoms. The van der Waals surface area contributed by atoms with Gasteiger partial charge < -0.3 is 10.2 Å². The predicted molar refractivity (Wildman–Crippen MR) is 86.1 cm³/mol. The molecule has 5 nitrogen and oxygen atoms in total. The molecular weight excluding hydrogens is 354 g/mol. The number of hydrogen-bond donors (Lipinski definition) is 1. The Morgan fingerprint density at radius 2 is 2.14 bits per heavy atom. The molecule has 1 aromatic heterocycles. The van der Waals surface area contributed by atoms with E-state index in [9.17, 15) is 9.59 Å². The molecule has 7 heteroatoms. The number of carbonyl (C=O) groups is 2. The highest BCUT2D eigenvalue weighted by atomic mass is 79.9. The second kappa shape index (κ2) is 5.23. The lowest BCUT2D eigenvalue weighted by Crippen LogP contribution is -2.17. The Kier molecular flexibility index (Phi) is 3.54. The molecule has 2 heterocycles. The summed E-state index contributed by atoms with van der Waals surface area (Å²) in [7, 11) is 1.96. The molecule has 0 aliphatic carbocycles. The van der Waals surface area contributed by atoms with Gasteiger partial charge in [-0.2, -0.15) is 0 Å². The molecule has 108 valence electrons. The Labute approximate surface area is 134 Å². The van der Waals surface area contributed by atoms with Gasteiger partial charge in [0.15, 0.2) is 0 Å². The molecule has 3 rings (SSSR count). The van der Waals surface area contributed by atoms with Gasteiger partial charge in [-0.05, 0) is 35.0 Å². The first-order valence-electron chi connectivity index (χ1n) is 6.26. The largest absolute Gasteiger partial charge is 0.368 e. The van der Waals surface area contributed by atoms with Crippen LogP contribution in [0.25, 0.3) is 0 Å². The number of aryl methyl sites for hydroxylation is 1. The smallest absolute Gasteiger partial charge is 0.296 e. The molecule has 0 fully saturated rings. The van der Waals surface area contributed by atoms with Crippen LogP contribution in [0.4, 0.5) is 11.4 Å². The van der Waals surface area contributed by atoms with Gasteiger partial charge in [0.05, 0.1) is 34.7 Å². The summed E-state index contributed by atoms with van der Waals surface area (Å²) in [6.07, 6.45) is 0. The average molecular weight is 366 g/mol. The molecule has 1 aliphatic rings. The molecule has 21 heavy (non-hydrogen) atoms. The lowest BCUT2D eigenvalue weighted by molar-refractivity contribution is -0.112. The van der Waals surface area contributed by atoms with E-state index in [1.54, 1.807) is 17.4 Å². The molecule has 0 atom stereocenters. The van der Waals surface area contributed by atoms with Crippen molar-refractivity contribution in [3.05, 3.63) is 38.3 Å². The van der Waals surface area contributed by atoms with Gasteiger partial charge in [0.1, 0.15) is 0 Å². The minimum absolute atomic E-state index is 0.415. The summed E-state index contributed by atoms with van der Waals surface area (Å²) < 4.78 is 0.788. The maximum absolute atomic E-state index is 11.7. The van der Waals surface area contributed by atoms with E-state index >= 15 is 0 Å². The Hall–Kier alpha value is -1.73. The van der Waals surface area contributed by atoms with Crippen LogP contribution in [0, 0.1) is 6.92 Å². The van der Waals surface area contributed by atoms with Gasteiger partial charge in [-0.1, -0.05) is 0 Å². The number of anilines is 2. The fourth-order valence-electron chi connectivity index (χ4n) is 2.23. The van der Waals surface area contributed by atoms with Crippen molar-refractivity contribution in [3.8, 4) is 0 Å².